The maximum Gasteiger partial charge on any atom is 0.417 e. The number of imidazole rings is 1. The first kappa shape index (κ1) is 18.0. The number of hydrogen-bond acceptors (Lipinski definition) is 4. The summed E-state index contributed by atoms with van der Waals surface area (Å²) in [5.74, 6) is 0.303. The predicted octanol–water partition coefficient (Wildman–Crippen LogP) is 3.31. The van der Waals surface area contributed by atoms with Crippen molar-refractivity contribution >= 4 is 11.0 Å². The highest BCUT2D eigenvalue weighted by Crippen LogP contribution is 2.30. The molecule has 0 saturated heterocycles. The third-order valence-electron chi connectivity index (χ3n) is 3.58. The number of halogens is 3. The van der Waals surface area contributed by atoms with Gasteiger partial charge < -0.3 is 14.8 Å². The van der Waals surface area contributed by atoms with Crippen molar-refractivity contribution in [3.63, 3.8) is 0 Å². The number of aromatic amines is 1. The van der Waals surface area contributed by atoms with Gasteiger partial charge in [-0.3, -0.25) is 4.57 Å². The lowest BCUT2D eigenvalue weighted by atomic mass is 10.1. The molecule has 0 fully saturated rings. The van der Waals surface area contributed by atoms with E-state index < -0.39 is 17.3 Å². The zero-order chi connectivity index (χ0) is 19.1. The van der Waals surface area contributed by atoms with Crippen LogP contribution in [0.25, 0.3) is 11.0 Å². The Morgan fingerprint density at radius 2 is 1.96 bits per heavy atom. The molecule has 1 aromatic carbocycles. The number of aliphatic hydroxyl groups is 1. The summed E-state index contributed by atoms with van der Waals surface area (Å²) >= 11 is 0. The second kappa shape index (κ2) is 6.17. The Morgan fingerprint density at radius 3 is 2.54 bits per heavy atom. The zero-order valence-corrected chi connectivity index (χ0v) is 14.0. The Hall–Kier alpha value is -2.81. The number of ether oxygens (including phenoxy) is 1. The van der Waals surface area contributed by atoms with Crippen LogP contribution >= 0.6 is 0 Å². The minimum atomic E-state index is -4.46. The fourth-order valence-corrected chi connectivity index (χ4v) is 2.48. The lowest BCUT2D eigenvalue weighted by molar-refractivity contribution is -0.137. The monoisotopic (exact) mass is 367 g/mol. The molecule has 0 aliphatic heterocycles. The third-order valence-corrected chi connectivity index (χ3v) is 3.58. The summed E-state index contributed by atoms with van der Waals surface area (Å²) in [4.78, 5) is 18.3. The van der Waals surface area contributed by atoms with E-state index in [-0.39, 0.29) is 18.1 Å². The highest BCUT2D eigenvalue weighted by Gasteiger charge is 2.30. The van der Waals surface area contributed by atoms with E-state index in [4.69, 9.17) is 4.74 Å². The van der Waals surface area contributed by atoms with E-state index in [9.17, 15) is 23.1 Å². The van der Waals surface area contributed by atoms with Crippen LogP contribution < -0.4 is 10.4 Å². The maximum atomic E-state index is 12.5. The number of rotatable bonds is 4. The molecular formula is C17H16F3N3O3. The first-order valence-electron chi connectivity index (χ1n) is 7.69. The molecule has 0 saturated carbocycles. The van der Waals surface area contributed by atoms with E-state index in [0.29, 0.717) is 23.0 Å². The zero-order valence-electron chi connectivity index (χ0n) is 14.0. The van der Waals surface area contributed by atoms with E-state index in [2.05, 4.69) is 9.97 Å². The van der Waals surface area contributed by atoms with Crippen LogP contribution in [0.3, 0.4) is 0 Å². The molecule has 26 heavy (non-hydrogen) atoms. The molecule has 0 bridgehead atoms. The number of aromatic nitrogens is 3. The van der Waals surface area contributed by atoms with Gasteiger partial charge in [-0.2, -0.15) is 13.2 Å². The first-order chi connectivity index (χ1) is 12.0. The van der Waals surface area contributed by atoms with Crippen LogP contribution in [0.5, 0.6) is 11.6 Å². The van der Waals surface area contributed by atoms with Gasteiger partial charge in [0.1, 0.15) is 5.75 Å². The first-order valence-corrected chi connectivity index (χ1v) is 7.69. The number of hydrogen-bond donors (Lipinski definition) is 2. The Morgan fingerprint density at radius 1 is 1.23 bits per heavy atom. The number of alkyl halides is 3. The number of nitrogens with one attached hydrogen (secondary N) is 1. The van der Waals surface area contributed by atoms with Crippen molar-refractivity contribution in [3.8, 4) is 11.6 Å². The quantitative estimate of drug-likeness (QED) is 0.741. The van der Waals surface area contributed by atoms with Gasteiger partial charge in [0.05, 0.1) is 28.7 Å². The largest absolute Gasteiger partial charge is 0.439 e. The smallest absolute Gasteiger partial charge is 0.417 e. The highest BCUT2D eigenvalue weighted by molar-refractivity contribution is 5.77. The number of pyridine rings is 1. The highest BCUT2D eigenvalue weighted by atomic mass is 19.4. The van der Waals surface area contributed by atoms with Gasteiger partial charge >= 0.3 is 11.9 Å². The normalized spacial score (nSPS) is 12.5. The number of nitrogens with zero attached hydrogens (tertiary/aromatic N) is 2. The summed E-state index contributed by atoms with van der Waals surface area (Å²) in [6.45, 7) is 3.28. The lowest BCUT2D eigenvalue weighted by Gasteiger charge is -2.17. The molecule has 0 spiro atoms. The fourth-order valence-electron chi connectivity index (χ4n) is 2.48. The third kappa shape index (κ3) is 3.88. The molecule has 2 aromatic heterocycles. The van der Waals surface area contributed by atoms with Crippen molar-refractivity contribution < 1.29 is 23.0 Å². The number of fused-ring (bicyclic) bond motifs is 1. The molecule has 0 amide bonds. The van der Waals surface area contributed by atoms with Gasteiger partial charge in [0.2, 0.25) is 5.88 Å². The predicted molar refractivity (Wildman–Crippen MR) is 88.2 cm³/mol. The Labute approximate surface area is 145 Å². The summed E-state index contributed by atoms with van der Waals surface area (Å²) in [5.41, 5.74) is -1.27. The molecule has 138 valence electrons. The Balaban J connectivity index is 1.87. The molecule has 6 nitrogen and oxygen atoms in total. The standard InChI is InChI=1S/C17H16F3N3O3/c1-16(2,25)9-23-13-5-4-11(7-12(13)22-15(23)24)26-14-6-3-10(8-21-14)17(18,19)20/h3-8,25H,9H2,1-2H3,(H,22,24). The molecule has 9 heteroatoms. The van der Waals surface area contributed by atoms with Crippen molar-refractivity contribution in [2.45, 2.75) is 32.2 Å². The van der Waals surface area contributed by atoms with Gasteiger partial charge in [0, 0.05) is 18.3 Å². The number of H-pyrrole nitrogens is 1. The second-order valence-electron chi connectivity index (χ2n) is 6.49. The topological polar surface area (TPSA) is 80.1 Å². The number of benzene rings is 1. The van der Waals surface area contributed by atoms with Gasteiger partial charge in [-0.25, -0.2) is 9.78 Å². The summed E-state index contributed by atoms with van der Waals surface area (Å²) < 4.78 is 44.5. The fraction of sp³-hybridized carbons (Fsp3) is 0.294. The minimum Gasteiger partial charge on any atom is -0.439 e. The molecule has 0 aliphatic carbocycles. The van der Waals surface area contributed by atoms with E-state index in [1.165, 1.54) is 10.6 Å². The van der Waals surface area contributed by atoms with Crippen LogP contribution in [0.15, 0.2) is 41.3 Å². The molecular weight excluding hydrogens is 351 g/mol. The van der Waals surface area contributed by atoms with Gasteiger partial charge in [0.25, 0.3) is 0 Å². The molecule has 0 atom stereocenters. The average molecular weight is 367 g/mol. The van der Waals surface area contributed by atoms with Crippen LogP contribution in [-0.4, -0.2) is 25.2 Å². The summed E-state index contributed by atoms with van der Waals surface area (Å²) in [7, 11) is 0. The van der Waals surface area contributed by atoms with Crippen LogP contribution in [-0.2, 0) is 12.7 Å². The maximum absolute atomic E-state index is 12.5. The molecule has 0 unspecified atom stereocenters. The molecule has 0 radical (unpaired) electrons. The Bertz CT molecular complexity index is 983. The van der Waals surface area contributed by atoms with E-state index in [1.807, 2.05) is 0 Å². The molecule has 2 heterocycles. The van der Waals surface area contributed by atoms with Crippen molar-refractivity contribution in [2.24, 2.45) is 0 Å². The van der Waals surface area contributed by atoms with Crippen LogP contribution in [0.1, 0.15) is 19.4 Å². The Kier molecular flexibility index (Phi) is 4.27. The second-order valence-corrected chi connectivity index (χ2v) is 6.49. The summed E-state index contributed by atoms with van der Waals surface area (Å²) in [6, 6.07) is 6.73. The van der Waals surface area contributed by atoms with Crippen molar-refractivity contribution in [1.29, 1.82) is 0 Å². The lowest BCUT2D eigenvalue weighted by Crippen LogP contribution is -2.31. The van der Waals surface area contributed by atoms with Crippen LogP contribution in [0, 0.1) is 0 Å². The van der Waals surface area contributed by atoms with E-state index in [0.717, 1.165) is 12.1 Å². The van der Waals surface area contributed by atoms with E-state index >= 15 is 0 Å². The molecule has 3 aromatic rings. The van der Waals surface area contributed by atoms with Crippen molar-refractivity contribution in [1.82, 2.24) is 14.5 Å². The van der Waals surface area contributed by atoms with Gasteiger partial charge in [-0.15, -0.1) is 0 Å². The minimum absolute atomic E-state index is 0.00405. The van der Waals surface area contributed by atoms with Gasteiger partial charge in [0.15, 0.2) is 0 Å². The molecule has 2 N–H and O–H groups in total. The van der Waals surface area contributed by atoms with Gasteiger partial charge in [-0.05, 0) is 32.0 Å². The van der Waals surface area contributed by atoms with Crippen molar-refractivity contribution in [3.05, 3.63) is 52.6 Å². The average Bonchev–Trinajstić information content (AvgIpc) is 2.80. The van der Waals surface area contributed by atoms with Crippen LogP contribution in [0.4, 0.5) is 13.2 Å². The summed E-state index contributed by atoms with van der Waals surface area (Å²) in [6.07, 6.45) is -3.77. The van der Waals surface area contributed by atoms with E-state index in [1.54, 1.807) is 26.0 Å². The van der Waals surface area contributed by atoms with Crippen molar-refractivity contribution in [2.75, 3.05) is 0 Å². The van der Waals surface area contributed by atoms with Crippen LogP contribution in [0.2, 0.25) is 0 Å². The summed E-state index contributed by atoms with van der Waals surface area (Å²) in [5, 5.41) is 9.92. The molecule has 0 aliphatic rings. The molecule has 3 rings (SSSR count). The SMILES string of the molecule is CC(C)(O)Cn1c(=O)[nH]c2cc(Oc3ccc(C(F)(F)F)cn3)ccc21. The van der Waals surface area contributed by atoms with Gasteiger partial charge in [-0.1, -0.05) is 0 Å².